The summed E-state index contributed by atoms with van der Waals surface area (Å²) in [6.45, 7) is 11.7. The Balaban J connectivity index is 2.20. The molecular formula is C28H42O7. The molecule has 0 heterocycles. The fourth-order valence-electron chi connectivity index (χ4n) is 7.33. The van der Waals surface area contributed by atoms with Gasteiger partial charge in [-0.25, -0.2) is 0 Å². The summed E-state index contributed by atoms with van der Waals surface area (Å²) >= 11 is 0. The predicted octanol–water partition coefficient (Wildman–Crippen LogP) is 4.91. The van der Waals surface area contributed by atoms with Crippen molar-refractivity contribution in [2.45, 2.75) is 97.2 Å². The quantitative estimate of drug-likeness (QED) is 0.343. The number of aromatic hydroxyl groups is 3. The molecule has 0 aliphatic heterocycles. The van der Waals surface area contributed by atoms with Crippen LogP contribution >= 0.6 is 0 Å². The van der Waals surface area contributed by atoms with Crippen LogP contribution in [0.4, 0.5) is 0 Å². The van der Waals surface area contributed by atoms with E-state index < -0.39 is 45.5 Å². The number of rotatable bonds is 7. The van der Waals surface area contributed by atoms with Crippen molar-refractivity contribution in [1.29, 1.82) is 0 Å². The van der Waals surface area contributed by atoms with Crippen molar-refractivity contribution in [2.75, 3.05) is 0 Å². The maximum Gasteiger partial charge on any atom is 0.157 e. The van der Waals surface area contributed by atoms with Gasteiger partial charge in [0.15, 0.2) is 12.6 Å². The van der Waals surface area contributed by atoms with Crippen molar-refractivity contribution in [2.24, 2.45) is 29.1 Å². The van der Waals surface area contributed by atoms with E-state index in [2.05, 4.69) is 6.92 Å². The topological polar surface area (TPSA) is 135 Å². The molecule has 2 aliphatic carbocycles. The van der Waals surface area contributed by atoms with Crippen LogP contribution in [0.5, 0.6) is 17.2 Å². The Morgan fingerprint density at radius 3 is 1.97 bits per heavy atom. The fraction of sp³-hybridized carbons (Fsp3) is 0.714. The minimum absolute atomic E-state index is 0.0353. The standard InChI is InChI=1S/C28H42O7/c1-15(2)11-17(22-24(32)18(13-29)23(31)19(14-30)25(22)33)20-8-10-28(6,35)21-12-16(26(3,4)34)7-9-27(20,21)5/h13-17,20-21,31-35H,7-12H2,1-6H3/t16-,17+,20+,21+,27+,28+/m0/s1. The first-order chi connectivity index (χ1) is 16.1. The van der Waals surface area contributed by atoms with Crippen LogP contribution in [-0.4, -0.2) is 49.3 Å². The van der Waals surface area contributed by atoms with Gasteiger partial charge in [0.05, 0.1) is 22.3 Å². The zero-order chi connectivity index (χ0) is 26.5. The second kappa shape index (κ2) is 9.40. The minimum Gasteiger partial charge on any atom is -0.507 e. The van der Waals surface area contributed by atoms with Crippen LogP contribution in [0.15, 0.2) is 0 Å². The maximum atomic E-state index is 11.7. The number of aldehydes is 2. The highest BCUT2D eigenvalue weighted by Gasteiger charge is 2.58. The van der Waals surface area contributed by atoms with Crippen molar-refractivity contribution in [1.82, 2.24) is 0 Å². The molecule has 2 fully saturated rings. The lowest BCUT2D eigenvalue weighted by Crippen LogP contribution is -2.57. The third-order valence-corrected chi connectivity index (χ3v) is 9.25. The summed E-state index contributed by atoms with van der Waals surface area (Å²) in [6, 6.07) is 0. The molecule has 1 aromatic rings. The number of carbonyl (C=O) groups excluding carboxylic acids is 2. The molecule has 0 saturated heterocycles. The second-order valence-corrected chi connectivity index (χ2v) is 12.4. The van der Waals surface area contributed by atoms with Crippen molar-refractivity contribution < 1.29 is 35.1 Å². The summed E-state index contributed by atoms with van der Waals surface area (Å²) in [6.07, 6.45) is 4.53. The van der Waals surface area contributed by atoms with Gasteiger partial charge in [-0.2, -0.15) is 0 Å². The lowest BCUT2D eigenvalue weighted by Gasteiger charge is -2.60. The molecule has 1 aromatic carbocycles. The molecule has 0 spiro atoms. The van der Waals surface area contributed by atoms with Gasteiger partial charge in [0.2, 0.25) is 0 Å². The molecule has 0 aromatic heterocycles. The highest BCUT2D eigenvalue weighted by molar-refractivity contribution is 5.95. The number of aliphatic hydroxyl groups is 2. The molecular weight excluding hydrogens is 448 g/mol. The van der Waals surface area contributed by atoms with Gasteiger partial charge in [-0.15, -0.1) is 0 Å². The van der Waals surface area contributed by atoms with Crippen LogP contribution in [0.2, 0.25) is 0 Å². The molecule has 6 atom stereocenters. The highest BCUT2D eigenvalue weighted by Crippen LogP contribution is 2.64. The molecule has 7 nitrogen and oxygen atoms in total. The number of fused-ring (bicyclic) bond motifs is 1. The average molecular weight is 491 g/mol. The predicted molar refractivity (Wildman–Crippen MR) is 133 cm³/mol. The highest BCUT2D eigenvalue weighted by atomic mass is 16.3. The number of phenolic OH excluding ortho intramolecular Hbond substituents is 3. The van der Waals surface area contributed by atoms with E-state index in [1.165, 1.54) is 0 Å². The maximum absolute atomic E-state index is 11.7. The third kappa shape index (κ3) is 4.69. The fourth-order valence-corrected chi connectivity index (χ4v) is 7.33. The first kappa shape index (κ1) is 27.5. The Kier molecular flexibility index (Phi) is 7.37. The molecule has 0 radical (unpaired) electrons. The van der Waals surface area contributed by atoms with E-state index in [0.29, 0.717) is 38.3 Å². The molecule has 196 valence electrons. The molecule has 35 heavy (non-hydrogen) atoms. The number of carbonyl (C=O) groups is 2. The van der Waals surface area contributed by atoms with Gasteiger partial charge in [-0.1, -0.05) is 20.8 Å². The SMILES string of the molecule is CC(C)C[C@@H](c1c(O)c(C=O)c(O)c(C=O)c1O)[C@H]1CC[C@@](C)(O)[C@@H]2C[C@@H](C(C)(C)O)CC[C@]12C. The van der Waals surface area contributed by atoms with Crippen molar-refractivity contribution >= 4 is 12.6 Å². The number of benzene rings is 1. The lowest BCUT2D eigenvalue weighted by molar-refractivity contribution is -0.171. The average Bonchev–Trinajstić information content (AvgIpc) is 2.72. The molecule has 3 rings (SSSR count). The van der Waals surface area contributed by atoms with Gasteiger partial charge >= 0.3 is 0 Å². The zero-order valence-corrected chi connectivity index (χ0v) is 21.8. The van der Waals surface area contributed by atoms with Crippen LogP contribution < -0.4 is 0 Å². The van der Waals surface area contributed by atoms with E-state index in [1.54, 1.807) is 0 Å². The molecule has 5 N–H and O–H groups in total. The van der Waals surface area contributed by atoms with Crippen LogP contribution in [0.25, 0.3) is 0 Å². The summed E-state index contributed by atoms with van der Waals surface area (Å²) in [5.74, 6) is -2.10. The van der Waals surface area contributed by atoms with Gasteiger partial charge in [0.1, 0.15) is 17.2 Å². The van der Waals surface area contributed by atoms with E-state index in [9.17, 15) is 35.1 Å². The zero-order valence-electron chi connectivity index (χ0n) is 21.8. The monoisotopic (exact) mass is 490 g/mol. The molecule has 0 unspecified atom stereocenters. The normalized spacial score (nSPS) is 32.2. The first-order valence-electron chi connectivity index (χ1n) is 12.8. The van der Waals surface area contributed by atoms with Crippen molar-refractivity contribution in [3.8, 4) is 17.2 Å². The van der Waals surface area contributed by atoms with Crippen LogP contribution in [0.3, 0.4) is 0 Å². The Hall–Kier alpha value is -2.12. The smallest absolute Gasteiger partial charge is 0.157 e. The van der Waals surface area contributed by atoms with E-state index in [1.807, 2.05) is 34.6 Å². The van der Waals surface area contributed by atoms with Crippen LogP contribution in [-0.2, 0) is 0 Å². The summed E-state index contributed by atoms with van der Waals surface area (Å²) in [4.78, 5) is 23.5. The van der Waals surface area contributed by atoms with Gasteiger partial charge < -0.3 is 25.5 Å². The molecule has 7 heteroatoms. The van der Waals surface area contributed by atoms with Gasteiger partial charge in [-0.3, -0.25) is 9.59 Å². The first-order valence-corrected chi connectivity index (χ1v) is 12.8. The lowest BCUT2D eigenvalue weighted by atomic mass is 9.46. The van der Waals surface area contributed by atoms with Crippen molar-refractivity contribution in [3.05, 3.63) is 16.7 Å². The van der Waals surface area contributed by atoms with E-state index in [0.717, 1.165) is 12.8 Å². The Morgan fingerprint density at radius 1 is 0.971 bits per heavy atom. The van der Waals surface area contributed by atoms with Gasteiger partial charge in [0, 0.05) is 5.56 Å². The van der Waals surface area contributed by atoms with Crippen molar-refractivity contribution in [3.63, 3.8) is 0 Å². The summed E-state index contributed by atoms with van der Waals surface area (Å²) in [7, 11) is 0. The van der Waals surface area contributed by atoms with E-state index in [4.69, 9.17) is 0 Å². The Morgan fingerprint density at radius 2 is 1.51 bits per heavy atom. The van der Waals surface area contributed by atoms with E-state index in [-0.39, 0.29) is 34.7 Å². The third-order valence-electron chi connectivity index (χ3n) is 9.25. The summed E-state index contributed by atoms with van der Waals surface area (Å²) < 4.78 is 0. The Labute approximate surface area is 208 Å². The summed E-state index contributed by atoms with van der Waals surface area (Å²) in [5, 5.41) is 54.7. The van der Waals surface area contributed by atoms with Gasteiger partial charge in [-0.05, 0) is 94.3 Å². The largest absolute Gasteiger partial charge is 0.507 e. The molecule has 2 aliphatic rings. The van der Waals surface area contributed by atoms with E-state index >= 15 is 0 Å². The summed E-state index contributed by atoms with van der Waals surface area (Å²) in [5.41, 5.74) is -2.85. The second-order valence-electron chi connectivity index (χ2n) is 12.4. The van der Waals surface area contributed by atoms with Crippen LogP contribution in [0.1, 0.15) is 112 Å². The van der Waals surface area contributed by atoms with Crippen LogP contribution in [0, 0.1) is 29.1 Å². The molecule has 0 bridgehead atoms. The Bertz CT molecular complexity index is 939. The number of phenols is 3. The number of hydrogen-bond donors (Lipinski definition) is 5. The number of hydrogen-bond acceptors (Lipinski definition) is 7. The minimum atomic E-state index is -0.932. The van der Waals surface area contributed by atoms with Gasteiger partial charge in [0.25, 0.3) is 0 Å². The molecule has 0 amide bonds. The molecule has 2 saturated carbocycles.